The van der Waals surface area contributed by atoms with E-state index in [2.05, 4.69) is 64.6 Å². The number of hydrogen-bond acceptors (Lipinski definition) is 4. The lowest BCUT2D eigenvalue weighted by Gasteiger charge is -2.44. The van der Waals surface area contributed by atoms with Crippen LogP contribution < -0.4 is 10.6 Å². The Morgan fingerprint density at radius 2 is 1.79 bits per heavy atom. The van der Waals surface area contributed by atoms with Crippen molar-refractivity contribution in [1.82, 2.24) is 15.1 Å². The number of nitrogens with one attached hydrogen (secondary N) is 2. The summed E-state index contributed by atoms with van der Waals surface area (Å²) in [6.45, 7) is 8.93. The molecule has 38 heavy (non-hydrogen) atoms. The minimum Gasteiger partial charge on any atom is -0.336 e. The van der Waals surface area contributed by atoms with E-state index in [0.717, 1.165) is 49.3 Å². The first-order chi connectivity index (χ1) is 18.4. The molecule has 1 heterocycles. The Bertz CT molecular complexity index is 1270. The molecule has 198 valence electrons. The van der Waals surface area contributed by atoms with E-state index in [-0.39, 0.29) is 12.1 Å². The number of hydrogen-bond donors (Lipinski definition) is 2. The van der Waals surface area contributed by atoms with Gasteiger partial charge in [-0.25, -0.2) is 4.79 Å². The molecule has 0 bridgehead atoms. The zero-order chi connectivity index (χ0) is 27.1. The maximum atomic E-state index is 12.8. The molecule has 8 heteroatoms. The van der Waals surface area contributed by atoms with Crippen LogP contribution in [0.2, 0.25) is 10.0 Å². The minimum atomic E-state index is -0.310. The van der Waals surface area contributed by atoms with E-state index in [1.807, 2.05) is 24.3 Å². The Hall–Kier alpha value is -3.08. The van der Waals surface area contributed by atoms with E-state index >= 15 is 0 Å². The maximum Gasteiger partial charge on any atom is 0.319 e. The molecule has 2 atom stereocenters. The second-order valence-corrected chi connectivity index (χ2v) is 10.6. The summed E-state index contributed by atoms with van der Waals surface area (Å²) in [5.41, 5.74) is 4.37. The summed E-state index contributed by atoms with van der Waals surface area (Å²) in [4.78, 5) is 17.8. The predicted octanol–water partition coefficient (Wildman–Crippen LogP) is 6.81. The van der Waals surface area contributed by atoms with Crippen LogP contribution in [-0.2, 0) is 0 Å². The van der Waals surface area contributed by atoms with Gasteiger partial charge in [0.2, 0.25) is 0 Å². The topological polar surface area (TPSA) is 71.4 Å². The van der Waals surface area contributed by atoms with Gasteiger partial charge >= 0.3 is 6.03 Å². The van der Waals surface area contributed by atoms with E-state index in [1.54, 1.807) is 18.2 Å². The quantitative estimate of drug-likeness (QED) is 0.323. The van der Waals surface area contributed by atoms with Crippen molar-refractivity contribution in [3.05, 3.63) is 87.9 Å². The fraction of sp³-hybridized carbons (Fsp3) is 0.333. The number of halogens is 2. The molecule has 0 unspecified atom stereocenters. The first kappa shape index (κ1) is 27.9. The highest BCUT2D eigenvalue weighted by Crippen LogP contribution is 2.29. The molecule has 0 saturated carbocycles. The van der Waals surface area contributed by atoms with Crippen LogP contribution >= 0.6 is 23.2 Å². The number of rotatable bonds is 8. The van der Waals surface area contributed by atoms with Crippen molar-refractivity contribution in [3.8, 4) is 17.2 Å². The third-order valence-corrected chi connectivity index (χ3v) is 7.34. The molecule has 4 rings (SSSR count). The summed E-state index contributed by atoms with van der Waals surface area (Å²) < 4.78 is 0. The van der Waals surface area contributed by atoms with Crippen LogP contribution in [0, 0.1) is 11.3 Å². The number of nitriles is 1. The minimum absolute atomic E-state index is 0.00182. The zero-order valence-corrected chi connectivity index (χ0v) is 23.3. The lowest BCUT2D eigenvalue weighted by Crippen LogP contribution is -2.54. The lowest BCUT2D eigenvalue weighted by molar-refractivity contribution is 0.0490. The molecule has 0 aliphatic carbocycles. The zero-order valence-electron chi connectivity index (χ0n) is 21.8. The van der Waals surface area contributed by atoms with Gasteiger partial charge in [0.05, 0.1) is 17.7 Å². The second kappa shape index (κ2) is 13.1. The molecule has 3 aromatic carbocycles. The summed E-state index contributed by atoms with van der Waals surface area (Å²) in [6.07, 6.45) is 1.14. The normalized spacial score (nSPS) is 17.0. The molecule has 1 aliphatic heterocycles. The maximum absolute atomic E-state index is 12.8. The van der Waals surface area contributed by atoms with Gasteiger partial charge in [0.25, 0.3) is 0 Å². The van der Waals surface area contributed by atoms with Crippen molar-refractivity contribution in [1.29, 1.82) is 5.26 Å². The van der Waals surface area contributed by atoms with Crippen molar-refractivity contribution in [2.45, 2.75) is 32.4 Å². The number of carbonyl (C=O) groups is 1. The summed E-state index contributed by atoms with van der Waals surface area (Å²) in [5, 5.41) is 16.1. The number of urea groups is 1. The highest BCUT2D eigenvalue weighted by molar-refractivity contribution is 6.35. The van der Waals surface area contributed by atoms with E-state index in [9.17, 15) is 10.1 Å². The first-order valence-electron chi connectivity index (χ1n) is 13.0. The molecule has 2 N–H and O–H groups in total. The number of nitrogens with zero attached hydrogens (tertiary/aromatic N) is 3. The van der Waals surface area contributed by atoms with Crippen molar-refractivity contribution in [2.24, 2.45) is 0 Å². The predicted molar refractivity (Wildman–Crippen MR) is 156 cm³/mol. The first-order valence-corrected chi connectivity index (χ1v) is 13.7. The third kappa shape index (κ3) is 7.27. The Morgan fingerprint density at radius 3 is 2.45 bits per heavy atom. The molecule has 3 aromatic rings. The van der Waals surface area contributed by atoms with E-state index in [4.69, 9.17) is 23.2 Å². The van der Waals surface area contributed by atoms with Crippen LogP contribution in [0.1, 0.15) is 37.4 Å². The molecular weight excluding hydrogens is 517 g/mol. The van der Waals surface area contributed by atoms with Crippen molar-refractivity contribution < 1.29 is 4.79 Å². The van der Waals surface area contributed by atoms with Crippen LogP contribution in [0.25, 0.3) is 11.1 Å². The van der Waals surface area contributed by atoms with Crippen molar-refractivity contribution in [3.63, 3.8) is 0 Å². The van der Waals surface area contributed by atoms with E-state index in [1.165, 1.54) is 0 Å². The van der Waals surface area contributed by atoms with Crippen LogP contribution in [-0.4, -0.2) is 54.6 Å². The molecule has 0 spiro atoms. The molecule has 6 nitrogen and oxygen atoms in total. The number of anilines is 1. The van der Waals surface area contributed by atoms with E-state index < -0.39 is 0 Å². The molecule has 0 aromatic heterocycles. The van der Waals surface area contributed by atoms with Gasteiger partial charge < -0.3 is 15.5 Å². The summed E-state index contributed by atoms with van der Waals surface area (Å²) in [7, 11) is 0. The van der Waals surface area contributed by atoms with Gasteiger partial charge in [-0.1, -0.05) is 66.5 Å². The lowest BCUT2D eigenvalue weighted by atomic mass is 9.97. The smallest absolute Gasteiger partial charge is 0.319 e. The molecule has 2 amide bonds. The van der Waals surface area contributed by atoms with Gasteiger partial charge in [-0.3, -0.25) is 4.90 Å². The monoisotopic (exact) mass is 549 g/mol. The van der Waals surface area contributed by atoms with Crippen LogP contribution in [0.4, 0.5) is 10.5 Å². The average molecular weight is 551 g/mol. The van der Waals surface area contributed by atoms with Gasteiger partial charge in [0.1, 0.15) is 0 Å². The fourth-order valence-electron chi connectivity index (χ4n) is 5.11. The van der Waals surface area contributed by atoms with Gasteiger partial charge in [-0.2, -0.15) is 5.26 Å². The third-order valence-electron chi connectivity index (χ3n) is 6.90. The molecule has 1 aliphatic rings. The number of amides is 2. The number of piperazine rings is 1. The Kier molecular flexibility index (Phi) is 9.65. The molecule has 0 radical (unpaired) electrons. The largest absolute Gasteiger partial charge is 0.336 e. The van der Waals surface area contributed by atoms with Gasteiger partial charge in [0, 0.05) is 48.0 Å². The van der Waals surface area contributed by atoms with Gasteiger partial charge in [0.15, 0.2) is 0 Å². The fourth-order valence-corrected chi connectivity index (χ4v) is 5.64. The summed E-state index contributed by atoms with van der Waals surface area (Å²) >= 11 is 12.2. The van der Waals surface area contributed by atoms with Crippen LogP contribution in [0.3, 0.4) is 0 Å². The number of benzene rings is 3. The molecule has 1 saturated heterocycles. The summed E-state index contributed by atoms with van der Waals surface area (Å²) in [5.74, 6) is 0. The van der Waals surface area contributed by atoms with Gasteiger partial charge in [-0.05, 0) is 66.9 Å². The second-order valence-electron chi connectivity index (χ2n) is 9.71. The molecule has 1 fully saturated rings. The Morgan fingerprint density at radius 1 is 1.05 bits per heavy atom. The Balaban J connectivity index is 1.52. The number of carbonyl (C=O) groups excluding carboxylic acids is 1. The van der Waals surface area contributed by atoms with E-state index in [0.29, 0.717) is 33.9 Å². The average Bonchev–Trinajstić information content (AvgIpc) is 2.90. The highest BCUT2D eigenvalue weighted by Gasteiger charge is 2.30. The van der Waals surface area contributed by atoms with Crippen molar-refractivity contribution in [2.75, 3.05) is 38.0 Å². The Labute approximate surface area is 235 Å². The van der Waals surface area contributed by atoms with Crippen molar-refractivity contribution >= 4 is 34.9 Å². The van der Waals surface area contributed by atoms with Crippen LogP contribution in [0.15, 0.2) is 66.7 Å². The molecular formula is C30H33Cl2N5O. The summed E-state index contributed by atoms with van der Waals surface area (Å²) in [6, 6.07) is 23.2. The van der Waals surface area contributed by atoms with Gasteiger partial charge in [-0.15, -0.1) is 0 Å². The highest BCUT2D eigenvalue weighted by atomic mass is 35.5. The SMILES string of the molecule is CCCN1CCN([C@H](CNC(=O)Nc2cc(Cl)cc(Cl)c2)c2ccc(-c3cccc(C#N)c3)cc2)[C@@H](C)C1. The standard InChI is InChI=1S/C30H33Cl2N5O/c1-3-11-36-12-13-37(21(2)20-36)29(19-34-30(38)35-28-16-26(31)15-27(32)17-28)24-9-7-23(8-10-24)25-6-4-5-22(14-25)18-33/h4-10,14-17,21,29H,3,11-13,19-20H2,1-2H3,(H2,34,35,38)/t21-,29+/m0/s1. The van der Waals surface area contributed by atoms with Crippen LogP contribution in [0.5, 0.6) is 0 Å².